The quantitative estimate of drug-likeness (QED) is 0.872. The van der Waals surface area contributed by atoms with Crippen LogP contribution in [0, 0.1) is 5.82 Å². The smallest absolute Gasteiger partial charge is 0.123 e. The number of benzene rings is 1. The number of hydrogen-bond acceptors (Lipinski definition) is 3. The zero-order chi connectivity index (χ0) is 12.1. The Hall–Kier alpha value is -0.970. The summed E-state index contributed by atoms with van der Waals surface area (Å²) in [4.78, 5) is 0. The highest BCUT2D eigenvalue weighted by molar-refractivity contribution is 5.15. The third-order valence-electron chi connectivity index (χ3n) is 3.09. The molecule has 2 N–H and O–H groups in total. The topological polar surface area (TPSA) is 44.5 Å². The van der Waals surface area contributed by atoms with Crippen molar-refractivity contribution in [2.24, 2.45) is 5.73 Å². The van der Waals surface area contributed by atoms with Gasteiger partial charge in [-0.15, -0.1) is 0 Å². The Morgan fingerprint density at radius 2 is 2.35 bits per heavy atom. The predicted octanol–water partition coefficient (Wildman–Crippen LogP) is 1.85. The highest BCUT2D eigenvalue weighted by Crippen LogP contribution is 2.23. The molecule has 1 atom stereocenters. The van der Waals surface area contributed by atoms with E-state index in [1.54, 1.807) is 6.07 Å². The van der Waals surface area contributed by atoms with Crippen LogP contribution in [0.15, 0.2) is 24.3 Å². The number of ether oxygens (including phenoxy) is 2. The molecule has 2 rings (SSSR count). The first kappa shape index (κ1) is 12.5. The molecular weight excluding hydrogens is 221 g/mol. The van der Waals surface area contributed by atoms with Crippen LogP contribution in [0.5, 0.6) is 0 Å². The first-order valence-corrected chi connectivity index (χ1v) is 5.90. The summed E-state index contributed by atoms with van der Waals surface area (Å²) in [5.74, 6) is -0.243. The Bertz CT molecular complexity index is 364. The predicted molar refractivity (Wildman–Crippen MR) is 63.0 cm³/mol. The van der Waals surface area contributed by atoms with E-state index < -0.39 is 5.60 Å². The summed E-state index contributed by atoms with van der Waals surface area (Å²) in [7, 11) is 0. The van der Waals surface area contributed by atoms with Crippen molar-refractivity contribution in [2.45, 2.75) is 25.0 Å². The van der Waals surface area contributed by atoms with Crippen molar-refractivity contribution in [1.82, 2.24) is 0 Å². The lowest BCUT2D eigenvalue weighted by Gasteiger charge is -2.35. The first-order chi connectivity index (χ1) is 8.24. The van der Waals surface area contributed by atoms with E-state index in [0.29, 0.717) is 19.8 Å². The molecule has 1 saturated heterocycles. The van der Waals surface area contributed by atoms with Crippen LogP contribution in [0.25, 0.3) is 0 Å². The highest BCUT2D eigenvalue weighted by Gasteiger charge is 2.32. The molecule has 3 nitrogen and oxygen atoms in total. The van der Waals surface area contributed by atoms with Crippen LogP contribution >= 0.6 is 0 Å². The minimum atomic E-state index is -0.398. The Morgan fingerprint density at radius 3 is 3.00 bits per heavy atom. The number of rotatable bonds is 4. The van der Waals surface area contributed by atoms with E-state index in [1.807, 2.05) is 6.07 Å². The molecule has 1 aromatic rings. The summed E-state index contributed by atoms with van der Waals surface area (Å²) < 4.78 is 24.3. The van der Waals surface area contributed by atoms with Crippen LogP contribution in [0.3, 0.4) is 0 Å². The van der Waals surface area contributed by atoms with E-state index >= 15 is 0 Å². The van der Waals surface area contributed by atoms with Gasteiger partial charge in [0.05, 0.1) is 13.2 Å². The molecule has 17 heavy (non-hydrogen) atoms. The maximum absolute atomic E-state index is 13.0. The minimum absolute atomic E-state index is 0.243. The van der Waals surface area contributed by atoms with Crippen molar-refractivity contribution >= 4 is 0 Å². The summed E-state index contributed by atoms with van der Waals surface area (Å²) >= 11 is 0. The Morgan fingerprint density at radius 1 is 1.47 bits per heavy atom. The summed E-state index contributed by atoms with van der Waals surface area (Å²) in [5.41, 5.74) is 6.18. The van der Waals surface area contributed by atoms with E-state index in [4.69, 9.17) is 15.2 Å². The second-order valence-electron chi connectivity index (χ2n) is 4.46. The lowest BCUT2D eigenvalue weighted by molar-refractivity contribution is -0.130. The van der Waals surface area contributed by atoms with Crippen LogP contribution in [0.1, 0.15) is 18.4 Å². The van der Waals surface area contributed by atoms with Crippen molar-refractivity contribution < 1.29 is 13.9 Å². The molecule has 1 aromatic carbocycles. The van der Waals surface area contributed by atoms with E-state index in [9.17, 15) is 4.39 Å². The minimum Gasteiger partial charge on any atom is -0.378 e. The van der Waals surface area contributed by atoms with Gasteiger partial charge >= 0.3 is 0 Å². The largest absolute Gasteiger partial charge is 0.378 e. The average molecular weight is 239 g/mol. The summed E-state index contributed by atoms with van der Waals surface area (Å²) in [6, 6.07) is 6.43. The first-order valence-electron chi connectivity index (χ1n) is 5.90. The molecule has 0 bridgehead atoms. The molecule has 1 heterocycles. The lowest BCUT2D eigenvalue weighted by Crippen LogP contribution is -2.47. The number of nitrogens with two attached hydrogens (primary N) is 1. The van der Waals surface area contributed by atoms with E-state index in [-0.39, 0.29) is 5.82 Å². The normalized spacial score (nSPS) is 24.8. The van der Waals surface area contributed by atoms with E-state index in [2.05, 4.69) is 0 Å². The van der Waals surface area contributed by atoms with Gasteiger partial charge in [0.2, 0.25) is 0 Å². The molecule has 0 amide bonds. The number of hydrogen-bond donors (Lipinski definition) is 1. The molecule has 1 unspecified atom stereocenters. The SMILES string of the molecule is NCC1(OCc2cccc(F)c2)CCCOC1. The summed E-state index contributed by atoms with van der Waals surface area (Å²) in [6.07, 6.45) is 1.86. The highest BCUT2D eigenvalue weighted by atomic mass is 19.1. The van der Waals surface area contributed by atoms with Gasteiger partial charge in [-0.05, 0) is 30.5 Å². The Balaban J connectivity index is 1.95. The Kier molecular flexibility index (Phi) is 4.10. The molecule has 0 aromatic heterocycles. The van der Waals surface area contributed by atoms with Gasteiger partial charge < -0.3 is 15.2 Å². The Labute approximate surface area is 101 Å². The van der Waals surface area contributed by atoms with Gasteiger partial charge in [0.1, 0.15) is 11.4 Å². The van der Waals surface area contributed by atoms with Gasteiger partial charge in [0.15, 0.2) is 0 Å². The zero-order valence-electron chi connectivity index (χ0n) is 9.82. The monoisotopic (exact) mass is 239 g/mol. The molecule has 1 aliphatic heterocycles. The third kappa shape index (κ3) is 3.25. The van der Waals surface area contributed by atoms with Gasteiger partial charge in [-0.2, -0.15) is 0 Å². The molecule has 0 aliphatic carbocycles. The van der Waals surface area contributed by atoms with Crippen LogP contribution in [-0.2, 0) is 16.1 Å². The van der Waals surface area contributed by atoms with Crippen molar-refractivity contribution in [3.8, 4) is 0 Å². The molecule has 1 aliphatic rings. The number of halogens is 1. The molecule has 94 valence electrons. The summed E-state index contributed by atoms with van der Waals surface area (Å²) in [5, 5.41) is 0. The molecule has 4 heteroatoms. The van der Waals surface area contributed by atoms with Gasteiger partial charge in [-0.1, -0.05) is 12.1 Å². The van der Waals surface area contributed by atoms with Crippen molar-refractivity contribution in [3.05, 3.63) is 35.6 Å². The van der Waals surface area contributed by atoms with E-state index in [1.165, 1.54) is 12.1 Å². The second-order valence-corrected chi connectivity index (χ2v) is 4.46. The van der Waals surface area contributed by atoms with Crippen LogP contribution in [0.2, 0.25) is 0 Å². The molecule has 1 fully saturated rings. The maximum Gasteiger partial charge on any atom is 0.123 e. The van der Waals surface area contributed by atoms with Crippen LogP contribution in [0.4, 0.5) is 4.39 Å². The van der Waals surface area contributed by atoms with Gasteiger partial charge in [-0.3, -0.25) is 0 Å². The maximum atomic E-state index is 13.0. The van der Waals surface area contributed by atoms with Crippen molar-refractivity contribution in [3.63, 3.8) is 0 Å². The fraction of sp³-hybridized carbons (Fsp3) is 0.538. The molecule has 0 spiro atoms. The van der Waals surface area contributed by atoms with Crippen LogP contribution < -0.4 is 5.73 Å². The van der Waals surface area contributed by atoms with Gasteiger partial charge in [0, 0.05) is 13.2 Å². The third-order valence-corrected chi connectivity index (χ3v) is 3.09. The second kappa shape index (κ2) is 5.58. The molecular formula is C13H18FNO2. The van der Waals surface area contributed by atoms with Crippen molar-refractivity contribution in [2.75, 3.05) is 19.8 Å². The summed E-state index contributed by atoms with van der Waals surface area (Å²) in [6.45, 7) is 2.10. The fourth-order valence-corrected chi connectivity index (χ4v) is 2.02. The fourth-order valence-electron chi connectivity index (χ4n) is 2.02. The van der Waals surface area contributed by atoms with Crippen molar-refractivity contribution in [1.29, 1.82) is 0 Å². The van der Waals surface area contributed by atoms with E-state index in [0.717, 1.165) is 25.0 Å². The van der Waals surface area contributed by atoms with Gasteiger partial charge in [-0.25, -0.2) is 4.39 Å². The molecule has 0 radical (unpaired) electrons. The molecule has 0 saturated carbocycles. The average Bonchev–Trinajstić information content (AvgIpc) is 2.38. The van der Waals surface area contributed by atoms with Gasteiger partial charge in [0.25, 0.3) is 0 Å². The zero-order valence-corrected chi connectivity index (χ0v) is 9.82. The lowest BCUT2D eigenvalue weighted by atomic mass is 9.96. The van der Waals surface area contributed by atoms with Crippen LogP contribution in [-0.4, -0.2) is 25.4 Å². The standard InChI is InChI=1S/C13H18FNO2/c14-12-4-1-3-11(7-12)8-17-13(9-15)5-2-6-16-10-13/h1,3-4,7H,2,5-6,8-10,15H2.